The van der Waals surface area contributed by atoms with Gasteiger partial charge in [0.1, 0.15) is 11.5 Å². The summed E-state index contributed by atoms with van der Waals surface area (Å²) in [5.74, 6) is 1.55. The molecule has 0 saturated carbocycles. The lowest BCUT2D eigenvalue weighted by Gasteiger charge is -2.22. The molecule has 1 N–H and O–H groups in total. The Hall–Kier alpha value is -3.06. The zero-order valence-electron chi connectivity index (χ0n) is 19.2. The number of aryl methyl sites for hydroxylation is 2. The number of benzene rings is 2. The minimum Gasteiger partial charge on any atom is -0.497 e. The second-order valence-corrected chi connectivity index (χ2v) is 8.11. The first kappa shape index (κ1) is 23.6. The number of amides is 2. The number of nitrogens with zero attached hydrogens (tertiary/aromatic N) is 2. The molecule has 3 rings (SSSR count). The van der Waals surface area contributed by atoms with Crippen LogP contribution in [0.2, 0.25) is 0 Å². The van der Waals surface area contributed by atoms with Crippen molar-refractivity contribution in [3.05, 3.63) is 53.6 Å². The molecule has 7 nitrogen and oxygen atoms in total. The number of carbonyl (C=O) groups is 2. The standard InChI is InChI=1S/C25H33N3O4/c1-19-5-11-23(32-3)22(17-19)26-24(29)18-27-13-4-14-28(16-15-27)25(30)12-8-20-6-9-21(31-2)10-7-20/h5-7,9-11,17H,4,8,12-16,18H2,1-3H3,(H,26,29). The van der Waals surface area contributed by atoms with Gasteiger partial charge in [0.25, 0.3) is 0 Å². The Balaban J connectivity index is 1.46. The van der Waals surface area contributed by atoms with E-state index in [-0.39, 0.29) is 11.8 Å². The van der Waals surface area contributed by atoms with Crippen LogP contribution in [0.15, 0.2) is 42.5 Å². The van der Waals surface area contributed by atoms with E-state index in [2.05, 4.69) is 10.2 Å². The zero-order valence-corrected chi connectivity index (χ0v) is 19.2. The smallest absolute Gasteiger partial charge is 0.238 e. The minimum atomic E-state index is -0.0758. The summed E-state index contributed by atoms with van der Waals surface area (Å²) >= 11 is 0. The molecule has 0 aliphatic carbocycles. The van der Waals surface area contributed by atoms with Gasteiger partial charge in [0, 0.05) is 32.6 Å². The first-order valence-electron chi connectivity index (χ1n) is 11.1. The minimum absolute atomic E-state index is 0.0758. The average Bonchev–Trinajstić information content (AvgIpc) is 3.03. The number of anilines is 1. The summed E-state index contributed by atoms with van der Waals surface area (Å²) < 4.78 is 10.5. The van der Waals surface area contributed by atoms with Crippen LogP contribution in [0.4, 0.5) is 5.69 Å². The first-order chi connectivity index (χ1) is 15.5. The van der Waals surface area contributed by atoms with Gasteiger partial charge in [-0.25, -0.2) is 0 Å². The molecule has 1 aliphatic heterocycles. The van der Waals surface area contributed by atoms with Crippen LogP contribution >= 0.6 is 0 Å². The maximum Gasteiger partial charge on any atom is 0.238 e. The molecular formula is C25H33N3O4. The van der Waals surface area contributed by atoms with Gasteiger partial charge in [-0.1, -0.05) is 18.2 Å². The summed E-state index contributed by atoms with van der Waals surface area (Å²) in [4.78, 5) is 29.3. The van der Waals surface area contributed by atoms with Gasteiger partial charge < -0.3 is 19.7 Å². The molecule has 0 atom stereocenters. The topological polar surface area (TPSA) is 71.1 Å². The second-order valence-electron chi connectivity index (χ2n) is 8.11. The Morgan fingerprint density at radius 1 is 0.969 bits per heavy atom. The van der Waals surface area contributed by atoms with E-state index in [4.69, 9.17) is 9.47 Å². The van der Waals surface area contributed by atoms with Crippen LogP contribution in [0.1, 0.15) is 24.0 Å². The third-order valence-electron chi connectivity index (χ3n) is 5.72. The molecule has 0 radical (unpaired) electrons. The number of hydrogen-bond donors (Lipinski definition) is 1. The maximum absolute atomic E-state index is 12.7. The van der Waals surface area contributed by atoms with Gasteiger partial charge in [0.05, 0.1) is 26.5 Å². The predicted octanol–water partition coefficient (Wildman–Crippen LogP) is 3.12. The van der Waals surface area contributed by atoms with Crippen molar-refractivity contribution >= 4 is 17.5 Å². The molecule has 0 bridgehead atoms. The normalized spacial score (nSPS) is 14.5. The third kappa shape index (κ3) is 6.72. The van der Waals surface area contributed by atoms with E-state index in [1.54, 1.807) is 14.2 Å². The largest absolute Gasteiger partial charge is 0.497 e. The molecule has 2 aromatic rings. The Bertz CT molecular complexity index is 914. The summed E-state index contributed by atoms with van der Waals surface area (Å²) in [7, 11) is 3.24. The summed E-state index contributed by atoms with van der Waals surface area (Å²) in [5, 5.41) is 2.96. The Morgan fingerprint density at radius 2 is 1.75 bits per heavy atom. The molecule has 172 valence electrons. The molecule has 1 aliphatic rings. The second kappa shape index (κ2) is 11.5. The number of carbonyl (C=O) groups excluding carboxylic acids is 2. The van der Waals surface area contributed by atoms with Crippen LogP contribution < -0.4 is 14.8 Å². The van der Waals surface area contributed by atoms with Gasteiger partial charge in [0.2, 0.25) is 11.8 Å². The lowest BCUT2D eigenvalue weighted by Crippen LogP contribution is -2.38. The molecule has 32 heavy (non-hydrogen) atoms. The van der Waals surface area contributed by atoms with Gasteiger partial charge in [-0.2, -0.15) is 0 Å². The van der Waals surface area contributed by atoms with Crippen molar-refractivity contribution < 1.29 is 19.1 Å². The number of ether oxygens (including phenoxy) is 2. The highest BCUT2D eigenvalue weighted by molar-refractivity contribution is 5.93. The predicted molar refractivity (Wildman–Crippen MR) is 125 cm³/mol. The van der Waals surface area contributed by atoms with Crippen molar-refractivity contribution in [1.29, 1.82) is 0 Å². The van der Waals surface area contributed by atoms with Crippen molar-refractivity contribution in [2.45, 2.75) is 26.2 Å². The van der Waals surface area contributed by atoms with Crippen molar-refractivity contribution in [3.8, 4) is 11.5 Å². The summed E-state index contributed by atoms with van der Waals surface area (Å²) in [6, 6.07) is 13.5. The SMILES string of the molecule is COc1ccc(CCC(=O)N2CCCN(CC(=O)Nc3cc(C)ccc3OC)CC2)cc1. The Labute approximate surface area is 190 Å². The quantitative estimate of drug-likeness (QED) is 0.684. The first-order valence-corrected chi connectivity index (χ1v) is 11.1. The summed E-state index contributed by atoms with van der Waals surface area (Å²) in [6.45, 7) is 5.12. The highest BCUT2D eigenvalue weighted by Gasteiger charge is 2.21. The van der Waals surface area contributed by atoms with E-state index < -0.39 is 0 Å². The van der Waals surface area contributed by atoms with Gasteiger partial charge in [-0.15, -0.1) is 0 Å². The van der Waals surface area contributed by atoms with Crippen LogP contribution in [0.5, 0.6) is 11.5 Å². The molecule has 0 aromatic heterocycles. The van der Waals surface area contributed by atoms with E-state index in [1.165, 1.54) is 0 Å². The van der Waals surface area contributed by atoms with Crippen molar-refractivity contribution in [3.63, 3.8) is 0 Å². The third-order valence-corrected chi connectivity index (χ3v) is 5.72. The van der Waals surface area contributed by atoms with Crippen LogP contribution in [0, 0.1) is 6.92 Å². The van der Waals surface area contributed by atoms with Crippen molar-refractivity contribution in [2.75, 3.05) is 52.3 Å². The summed E-state index contributed by atoms with van der Waals surface area (Å²) in [5.41, 5.74) is 2.86. The monoisotopic (exact) mass is 439 g/mol. The molecule has 1 fully saturated rings. The number of rotatable bonds is 8. The van der Waals surface area contributed by atoms with Crippen LogP contribution in [-0.2, 0) is 16.0 Å². The Morgan fingerprint density at radius 3 is 2.47 bits per heavy atom. The molecule has 0 unspecified atom stereocenters. The Kier molecular flexibility index (Phi) is 8.50. The molecule has 1 heterocycles. The highest BCUT2D eigenvalue weighted by Crippen LogP contribution is 2.25. The average molecular weight is 440 g/mol. The van der Waals surface area contributed by atoms with Gasteiger partial charge in [0.15, 0.2) is 0 Å². The molecular weight excluding hydrogens is 406 g/mol. The number of hydrogen-bond acceptors (Lipinski definition) is 5. The van der Waals surface area contributed by atoms with Crippen LogP contribution in [0.25, 0.3) is 0 Å². The lowest BCUT2D eigenvalue weighted by atomic mass is 10.1. The molecule has 7 heteroatoms. The highest BCUT2D eigenvalue weighted by atomic mass is 16.5. The lowest BCUT2D eigenvalue weighted by molar-refractivity contribution is -0.131. The molecule has 1 saturated heterocycles. The van der Waals surface area contributed by atoms with E-state index in [0.717, 1.165) is 36.4 Å². The van der Waals surface area contributed by atoms with Gasteiger partial charge >= 0.3 is 0 Å². The van der Waals surface area contributed by atoms with Crippen molar-refractivity contribution in [1.82, 2.24) is 9.80 Å². The number of methoxy groups -OCH3 is 2. The zero-order chi connectivity index (χ0) is 22.9. The van der Waals surface area contributed by atoms with Gasteiger partial charge in [-0.3, -0.25) is 14.5 Å². The fourth-order valence-corrected chi connectivity index (χ4v) is 3.89. The fourth-order valence-electron chi connectivity index (χ4n) is 3.89. The molecule has 0 spiro atoms. The van der Waals surface area contributed by atoms with E-state index in [1.807, 2.05) is 54.3 Å². The number of nitrogens with one attached hydrogen (secondary N) is 1. The summed E-state index contributed by atoms with van der Waals surface area (Å²) in [6.07, 6.45) is 2.05. The van der Waals surface area contributed by atoms with E-state index >= 15 is 0 Å². The maximum atomic E-state index is 12.7. The van der Waals surface area contributed by atoms with E-state index in [0.29, 0.717) is 43.9 Å². The fraction of sp³-hybridized carbons (Fsp3) is 0.440. The van der Waals surface area contributed by atoms with Crippen LogP contribution in [-0.4, -0.2) is 68.6 Å². The molecule has 2 aromatic carbocycles. The van der Waals surface area contributed by atoms with Crippen LogP contribution in [0.3, 0.4) is 0 Å². The van der Waals surface area contributed by atoms with E-state index in [9.17, 15) is 9.59 Å². The van der Waals surface area contributed by atoms with Crippen molar-refractivity contribution in [2.24, 2.45) is 0 Å². The van der Waals surface area contributed by atoms with Gasteiger partial charge in [-0.05, 0) is 55.2 Å². The molecule has 2 amide bonds.